The number of hydrogen-bond acceptors (Lipinski definition) is 4. The van der Waals surface area contributed by atoms with Gasteiger partial charge in [-0.25, -0.2) is 0 Å². The van der Waals surface area contributed by atoms with Gasteiger partial charge in [0.05, 0.1) is 12.6 Å². The maximum Gasteiger partial charge on any atom is 0.309 e. The fourth-order valence-corrected chi connectivity index (χ4v) is 3.74. The third-order valence-corrected chi connectivity index (χ3v) is 5.48. The van der Waals surface area contributed by atoms with E-state index in [0.717, 1.165) is 20.9 Å². The number of nitrogens with one attached hydrogen (secondary N) is 2. The van der Waals surface area contributed by atoms with Gasteiger partial charge in [-0.1, -0.05) is 60.7 Å². The van der Waals surface area contributed by atoms with Crippen molar-refractivity contribution < 1.29 is 14.7 Å². The smallest absolute Gasteiger partial charge is 0.309 e. The van der Waals surface area contributed by atoms with E-state index >= 15 is 0 Å². The van der Waals surface area contributed by atoms with Crippen molar-refractivity contribution >= 4 is 23.2 Å². The second kappa shape index (κ2) is 9.30. The molecule has 0 aliphatic carbocycles. The molecule has 0 fully saturated rings. The van der Waals surface area contributed by atoms with Crippen molar-refractivity contribution in [1.82, 2.24) is 10.6 Å². The lowest BCUT2D eigenvalue weighted by Crippen LogP contribution is -2.40. The molecule has 0 bridgehead atoms. The predicted molar refractivity (Wildman–Crippen MR) is 110 cm³/mol. The quantitative estimate of drug-likeness (QED) is 0.561. The first-order valence-corrected chi connectivity index (χ1v) is 9.81. The number of thiophene rings is 1. The maximum atomic E-state index is 12.1. The minimum atomic E-state index is -0.703. The van der Waals surface area contributed by atoms with Gasteiger partial charge in [0.15, 0.2) is 0 Å². The van der Waals surface area contributed by atoms with E-state index in [0.29, 0.717) is 0 Å². The largest absolute Gasteiger partial charge is 0.383 e. The molecule has 2 aromatic carbocycles. The van der Waals surface area contributed by atoms with Crippen LogP contribution in [0.2, 0.25) is 0 Å². The summed E-state index contributed by atoms with van der Waals surface area (Å²) in [5, 5.41) is 15.8. The fourth-order valence-electron chi connectivity index (χ4n) is 2.77. The highest BCUT2D eigenvalue weighted by molar-refractivity contribution is 7.12. The Morgan fingerprint density at radius 1 is 0.893 bits per heavy atom. The molecule has 2 atom stereocenters. The molecule has 5 nitrogen and oxygen atoms in total. The lowest BCUT2D eigenvalue weighted by atomic mass is 10.1. The average Bonchev–Trinajstić information content (AvgIpc) is 3.21. The molecule has 2 unspecified atom stereocenters. The molecule has 0 saturated heterocycles. The highest BCUT2D eigenvalue weighted by Gasteiger charge is 2.18. The monoisotopic (exact) mass is 394 g/mol. The van der Waals surface area contributed by atoms with Gasteiger partial charge in [0.25, 0.3) is 0 Å². The Morgan fingerprint density at radius 3 is 2.14 bits per heavy atom. The highest BCUT2D eigenvalue weighted by atomic mass is 32.1. The number of aliphatic hydroxyl groups is 1. The first-order chi connectivity index (χ1) is 13.5. The number of amides is 2. The molecular formula is C22H22N2O3S. The van der Waals surface area contributed by atoms with Gasteiger partial charge in [0.2, 0.25) is 0 Å². The van der Waals surface area contributed by atoms with Gasteiger partial charge < -0.3 is 15.7 Å². The van der Waals surface area contributed by atoms with Crippen molar-refractivity contribution in [2.24, 2.45) is 0 Å². The van der Waals surface area contributed by atoms with Crippen LogP contribution in [0.25, 0.3) is 0 Å². The number of aliphatic hydroxyl groups excluding tert-OH is 1. The van der Waals surface area contributed by atoms with Gasteiger partial charge in [-0.15, -0.1) is 11.3 Å². The second-order valence-electron chi connectivity index (χ2n) is 6.41. The number of carbonyl (C=O) groups excluding carboxylic acids is 2. The molecule has 0 aliphatic heterocycles. The van der Waals surface area contributed by atoms with E-state index in [-0.39, 0.29) is 12.6 Å². The Hall–Kier alpha value is -2.96. The molecule has 3 rings (SSSR count). The molecule has 0 saturated carbocycles. The van der Waals surface area contributed by atoms with Crippen LogP contribution in [0.5, 0.6) is 0 Å². The van der Waals surface area contributed by atoms with Crippen LogP contribution in [0.3, 0.4) is 0 Å². The van der Waals surface area contributed by atoms with Crippen LogP contribution in [0.1, 0.15) is 40.0 Å². The van der Waals surface area contributed by atoms with E-state index in [1.165, 1.54) is 11.3 Å². The topological polar surface area (TPSA) is 78.4 Å². The Balaban J connectivity index is 1.52. The van der Waals surface area contributed by atoms with Gasteiger partial charge in [-0.3, -0.25) is 9.59 Å². The van der Waals surface area contributed by atoms with Crippen molar-refractivity contribution in [2.45, 2.75) is 25.6 Å². The zero-order valence-electron chi connectivity index (χ0n) is 15.5. The zero-order valence-corrected chi connectivity index (χ0v) is 16.3. The lowest BCUT2D eigenvalue weighted by molar-refractivity contribution is -0.139. The van der Waals surface area contributed by atoms with E-state index in [4.69, 9.17) is 0 Å². The molecule has 1 heterocycles. The van der Waals surface area contributed by atoms with Crippen molar-refractivity contribution in [1.29, 1.82) is 0 Å². The number of benzene rings is 2. The van der Waals surface area contributed by atoms with Crippen molar-refractivity contribution in [3.63, 3.8) is 0 Å². The van der Waals surface area contributed by atoms with Crippen molar-refractivity contribution in [3.05, 3.63) is 93.7 Å². The number of rotatable bonds is 6. The summed E-state index contributed by atoms with van der Waals surface area (Å²) in [5.74, 6) is -1.35. The van der Waals surface area contributed by atoms with Gasteiger partial charge in [0, 0.05) is 9.75 Å². The normalized spacial score (nSPS) is 12.8. The van der Waals surface area contributed by atoms with E-state index in [1.807, 2.05) is 79.7 Å². The van der Waals surface area contributed by atoms with Crippen molar-refractivity contribution in [3.8, 4) is 0 Å². The molecule has 1 aromatic heterocycles. The van der Waals surface area contributed by atoms with Crippen LogP contribution in [-0.2, 0) is 16.1 Å². The van der Waals surface area contributed by atoms with Crippen LogP contribution >= 0.6 is 11.3 Å². The van der Waals surface area contributed by atoms with Crippen LogP contribution in [-0.4, -0.2) is 16.9 Å². The summed E-state index contributed by atoms with van der Waals surface area (Å²) in [6.45, 7) is 2.06. The molecule has 28 heavy (non-hydrogen) atoms. The lowest BCUT2D eigenvalue weighted by Gasteiger charge is -2.13. The summed E-state index contributed by atoms with van der Waals surface area (Å²) in [6.07, 6.45) is -0.703. The molecule has 2 amide bonds. The molecule has 144 valence electrons. The van der Waals surface area contributed by atoms with E-state index in [1.54, 1.807) is 0 Å². The van der Waals surface area contributed by atoms with Crippen LogP contribution in [0.15, 0.2) is 72.8 Å². The summed E-state index contributed by atoms with van der Waals surface area (Å²) in [7, 11) is 0. The molecule has 3 N–H and O–H groups in total. The van der Waals surface area contributed by atoms with Gasteiger partial charge in [-0.2, -0.15) is 0 Å². The molecule has 6 heteroatoms. The van der Waals surface area contributed by atoms with E-state index in [2.05, 4.69) is 10.6 Å². The minimum Gasteiger partial charge on any atom is -0.383 e. The SMILES string of the molecule is CC(NC(=O)C(=O)NCc1ccc(C(O)c2ccccc2)s1)c1ccccc1. The first-order valence-electron chi connectivity index (χ1n) is 9.00. The molecule has 0 aliphatic rings. The third kappa shape index (κ3) is 5.06. The predicted octanol–water partition coefficient (Wildman–Crippen LogP) is 3.32. The van der Waals surface area contributed by atoms with Gasteiger partial charge in [-0.05, 0) is 30.2 Å². The number of hydrogen-bond donors (Lipinski definition) is 3. The van der Waals surface area contributed by atoms with E-state index in [9.17, 15) is 14.7 Å². The molecule has 0 spiro atoms. The van der Waals surface area contributed by atoms with Gasteiger partial charge >= 0.3 is 11.8 Å². The Bertz CT molecular complexity index is 925. The second-order valence-corrected chi connectivity index (χ2v) is 7.61. The van der Waals surface area contributed by atoms with Crippen molar-refractivity contribution in [2.75, 3.05) is 0 Å². The summed E-state index contributed by atoms with van der Waals surface area (Å²) < 4.78 is 0. The Labute approximate surface area is 168 Å². The highest BCUT2D eigenvalue weighted by Crippen LogP contribution is 2.28. The summed E-state index contributed by atoms with van der Waals surface area (Å²) in [6, 6.07) is 22.3. The minimum absolute atomic E-state index is 0.234. The summed E-state index contributed by atoms with van der Waals surface area (Å²) >= 11 is 1.40. The molecule has 3 aromatic rings. The Morgan fingerprint density at radius 2 is 1.50 bits per heavy atom. The van der Waals surface area contributed by atoms with E-state index < -0.39 is 17.9 Å². The zero-order chi connectivity index (χ0) is 19.9. The summed E-state index contributed by atoms with van der Waals surface area (Å²) in [4.78, 5) is 25.8. The molecular weight excluding hydrogens is 372 g/mol. The fraction of sp³-hybridized carbons (Fsp3) is 0.182. The van der Waals surface area contributed by atoms with Crippen LogP contribution in [0, 0.1) is 0 Å². The van der Waals surface area contributed by atoms with Crippen LogP contribution < -0.4 is 10.6 Å². The summed E-state index contributed by atoms with van der Waals surface area (Å²) in [5.41, 5.74) is 1.75. The Kier molecular flexibility index (Phi) is 6.57. The van der Waals surface area contributed by atoms with Crippen LogP contribution in [0.4, 0.5) is 0 Å². The van der Waals surface area contributed by atoms with Gasteiger partial charge in [0.1, 0.15) is 6.10 Å². The average molecular weight is 394 g/mol. The number of carbonyl (C=O) groups is 2. The first kappa shape index (κ1) is 19.8. The third-order valence-electron chi connectivity index (χ3n) is 4.34. The maximum absolute atomic E-state index is 12.1. The molecule has 0 radical (unpaired) electrons. The standard InChI is InChI=1S/C22H22N2O3S/c1-15(16-8-4-2-5-9-16)24-22(27)21(26)23-14-18-12-13-19(28-18)20(25)17-10-6-3-7-11-17/h2-13,15,20,25H,14H2,1H3,(H,23,26)(H,24,27).